The fourth-order valence-electron chi connectivity index (χ4n) is 2.81. The zero-order chi connectivity index (χ0) is 18.7. The van der Waals surface area contributed by atoms with Gasteiger partial charge in [0.05, 0.1) is 0 Å². The van der Waals surface area contributed by atoms with Crippen LogP contribution in [0.4, 0.5) is 4.79 Å². The van der Waals surface area contributed by atoms with Crippen molar-refractivity contribution in [3.05, 3.63) is 17.0 Å². The summed E-state index contributed by atoms with van der Waals surface area (Å²) in [5.74, 6) is 0. The second kappa shape index (κ2) is 8.05. The number of alkyl carbamates (subject to hydrolysis) is 1. The standard InChI is InChI=1S/C17H28N2O4S2/c1-5-14-9-10-15(24-14)25(21,22)19-11-7-6-8-13(19)12-18-16(20)23-17(2,3)4/h9-10,13H,5-8,11-12H2,1-4H3,(H,18,20). The van der Waals surface area contributed by atoms with Gasteiger partial charge >= 0.3 is 6.09 Å². The molecule has 0 spiro atoms. The predicted molar refractivity (Wildman–Crippen MR) is 99.5 cm³/mol. The van der Waals surface area contributed by atoms with Crippen LogP contribution in [0.1, 0.15) is 51.8 Å². The highest BCUT2D eigenvalue weighted by Crippen LogP contribution is 2.29. The average molecular weight is 389 g/mol. The number of hydrogen-bond donors (Lipinski definition) is 1. The Hall–Kier alpha value is -1.12. The number of carbonyl (C=O) groups excluding carboxylic acids is 1. The van der Waals surface area contributed by atoms with Crippen molar-refractivity contribution in [1.82, 2.24) is 9.62 Å². The van der Waals surface area contributed by atoms with Crippen molar-refractivity contribution < 1.29 is 17.9 Å². The quantitative estimate of drug-likeness (QED) is 0.839. The molecule has 1 amide bonds. The molecular formula is C17H28N2O4S2. The molecule has 0 saturated carbocycles. The molecule has 1 fully saturated rings. The van der Waals surface area contributed by atoms with E-state index in [-0.39, 0.29) is 12.6 Å². The largest absolute Gasteiger partial charge is 0.444 e. The fourth-order valence-corrected chi connectivity index (χ4v) is 5.93. The monoisotopic (exact) mass is 388 g/mol. The van der Waals surface area contributed by atoms with Crippen molar-refractivity contribution in [1.29, 1.82) is 0 Å². The number of thiophene rings is 1. The molecule has 1 atom stereocenters. The van der Waals surface area contributed by atoms with Crippen LogP contribution in [0.3, 0.4) is 0 Å². The first kappa shape index (κ1) is 20.2. The van der Waals surface area contributed by atoms with E-state index in [2.05, 4.69) is 5.32 Å². The molecule has 142 valence electrons. The molecule has 1 aliphatic heterocycles. The number of nitrogens with one attached hydrogen (secondary N) is 1. The molecule has 0 aromatic carbocycles. The van der Waals surface area contributed by atoms with Crippen LogP contribution in [0.15, 0.2) is 16.3 Å². The summed E-state index contributed by atoms with van der Waals surface area (Å²) >= 11 is 1.33. The summed E-state index contributed by atoms with van der Waals surface area (Å²) < 4.78 is 33.1. The molecule has 8 heteroatoms. The number of nitrogens with zero attached hydrogens (tertiary/aromatic N) is 1. The second-order valence-corrected chi connectivity index (χ2v) is 10.5. The summed E-state index contributed by atoms with van der Waals surface area (Å²) in [5, 5.41) is 2.71. The van der Waals surface area contributed by atoms with Crippen LogP contribution >= 0.6 is 11.3 Å². The third-order valence-corrected chi connectivity index (χ3v) is 7.65. The second-order valence-electron chi connectivity index (χ2n) is 7.22. The van der Waals surface area contributed by atoms with E-state index < -0.39 is 21.7 Å². The lowest BCUT2D eigenvalue weighted by molar-refractivity contribution is 0.0512. The Morgan fingerprint density at radius 2 is 2.08 bits per heavy atom. The van der Waals surface area contributed by atoms with Gasteiger partial charge in [0.2, 0.25) is 0 Å². The van der Waals surface area contributed by atoms with E-state index in [0.29, 0.717) is 10.8 Å². The van der Waals surface area contributed by atoms with Gasteiger partial charge in [0.25, 0.3) is 10.0 Å². The molecule has 2 heterocycles. The van der Waals surface area contributed by atoms with Gasteiger partial charge in [-0.1, -0.05) is 13.3 Å². The van der Waals surface area contributed by atoms with Gasteiger partial charge in [-0.2, -0.15) is 4.31 Å². The Balaban J connectivity index is 2.08. The van der Waals surface area contributed by atoms with E-state index in [4.69, 9.17) is 4.74 Å². The van der Waals surface area contributed by atoms with E-state index in [0.717, 1.165) is 30.6 Å². The molecule has 1 aromatic heterocycles. The summed E-state index contributed by atoms with van der Waals surface area (Å²) in [4.78, 5) is 12.9. The molecule has 1 N–H and O–H groups in total. The van der Waals surface area contributed by atoms with Gasteiger partial charge < -0.3 is 10.1 Å². The maximum absolute atomic E-state index is 13.0. The Bertz CT molecular complexity index is 692. The lowest BCUT2D eigenvalue weighted by Gasteiger charge is -2.34. The first-order valence-corrected chi connectivity index (χ1v) is 11.0. The van der Waals surface area contributed by atoms with E-state index >= 15 is 0 Å². The van der Waals surface area contributed by atoms with Crippen molar-refractivity contribution in [2.24, 2.45) is 0 Å². The third kappa shape index (κ3) is 5.43. The Kier molecular flexibility index (Phi) is 6.51. The molecule has 0 bridgehead atoms. The summed E-state index contributed by atoms with van der Waals surface area (Å²) in [7, 11) is -3.52. The maximum atomic E-state index is 13.0. The molecule has 1 aliphatic rings. The number of rotatable bonds is 5. The topological polar surface area (TPSA) is 75.7 Å². The van der Waals surface area contributed by atoms with E-state index in [1.807, 2.05) is 13.0 Å². The Morgan fingerprint density at radius 3 is 2.68 bits per heavy atom. The van der Waals surface area contributed by atoms with Crippen LogP contribution in [-0.2, 0) is 21.2 Å². The van der Waals surface area contributed by atoms with Crippen LogP contribution < -0.4 is 5.32 Å². The van der Waals surface area contributed by atoms with Crippen LogP contribution in [-0.4, -0.2) is 43.5 Å². The van der Waals surface area contributed by atoms with Crippen LogP contribution in [0.2, 0.25) is 0 Å². The highest BCUT2D eigenvalue weighted by molar-refractivity contribution is 7.91. The highest BCUT2D eigenvalue weighted by atomic mass is 32.2. The van der Waals surface area contributed by atoms with Gasteiger partial charge in [-0.05, 0) is 52.2 Å². The van der Waals surface area contributed by atoms with Gasteiger partial charge in [0.1, 0.15) is 9.81 Å². The summed E-state index contributed by atoms with van der Waals surface area (Å²) in [5.41, 5.74) is -0.573. The van der Waals surface area contributed by atoms with Crippen molar-refractivity contribution in [3.63, 3.8) is 0 Å². The number of hydrogen-bond acceptors (Lipinski definition) is 5. The molecule has 1 saturated heterocycles. The van der Waals surface area contributed by atoms with Gasteiger partial charge in [-0.3, -0.25) is 0 Å². The molecular weight excluding hydrogens is 360 g/mol. The maximum Gasteiger partial charge on any atom is 0.407 e. The molecule has 6 nitrogen and oxygen atoms in total. The zero-order valence-electron chi connectivity index (χ0n) is 15.4. The smallest absolute Gasteiger partial charge is 0.407 e. The number of sulfonamides is 1. The predicted octanol–water partition coefficient (Wildman–Crippen LogP) is 3.38. The Labute approximate surface area is 154 Å². The summed E-state index contributed by atoms with van der Waals surface area (Å²) in [6.45, 7) is 8.16. The fraction of sp³-hybridized carbons (Fsp3) is 0.706. The van der Waals surface area contributed by atoms with Crippen molar-refractivity contribution in [3.8, 4) is 0 Å². The minimum absolute atomic E-state index is 0.238. The number of aryl methyl sites for hydroxylation is 1. The minimum atomic E-state index is -3.52. The number of carbonyl (C=O) groups is 1. The van der Waals surface area contributed by atoms with Crippen LogP contribution in [0.25, 0.3) is 0 Å². The molecule has 25 heavy (non-hydrogen) atoms. The third-order valence-electron chi connectivity index (χ3n) is 4.00. The lowest BCUT2D eigenvalue weighted by Crippen LogP contribution is -2.49. The SMILES string of the molecule is CCc1ccc(S(=O)(=O)N2CCCCC2CNC(=O)OC(C)(C)C)s1. The minimum Gasteiger partial charge on any atom is -0.444 e. The first-order chi connectivity index (χ1) is 11.6. The highest BCUT2D eigenvalue weighted by Gasteiger charge is 2.34. The summed E-state index contributed by atoms with van der Waals surface area (Å²) in [6.07, 6.45) is 2.84. The summed E-state index contributed by atoms with van der Waals surface area (Å²) in [6, 6.07) is 3.32. The number of amides is 1. The van der Waals surface area contributed by atoms with E-state index in [1.165, 1.54) is 11.3 Å². The first-order valence-electron chi connectivity index (χ1n) is 8.71. The van der Waals surface area contributed by atoms with Crippen LogP contribution in [0.5, 0.6) is 0 Å². The van der Waals surface area contributed by atoms with Gasteiger partial charge in [0, 0.05) is 24.0 Å². The van der Waals surface area contributed by atoms with E-state index in [9.17, 15) is 13.2 Å². The van der Waals surface area contributed by atoms with Gasteiger partial charge in [-0.15, -0.1) is 11.3 Å². The van der Waals surface area contributed by atoms with Crippen molar-refractivity contribution >= 4 is 27.5 Å². The number of ether oxygens (including phenoxy) is 1. The Morgan fingerprint density at radius 1 is 1.36 bits per heavy atom. The molecule has 0 aliphatic carbocycles. The van der Waals surface area contributed by atoms with Gasteiger partial charge in [-0.25, -0.2) is 13.2 Å². The molecule has 1 aromatic rings. The average Bonchev–Trinajstić information content (AvgIpc) is 3.01. The molecule has 2 rings (SSSR count). The van der Waals surface area contributed by atoms with Crippen LogP contribution in [0, 0.1) is 0 Å². The normalized spacial score (nSPS) is 19.6. The van der Waals surface area contributed by atoms with E-state index in [1.54, 1.807) is 31.1 Å². The molecule has 0 radical (unpaired) electrons. The van der Waals surface area contributed by atoms with Crippen molar-refractivity contribution in [2.75, 3.05) is 13.1 Å². The lowest BCUT2D eigenvalue weighted by atomic mass is 10.1. The van der Waals surface area contributed by atoms with Crippen molar-refractivity contribution in [2.45, 2.75) is 69.2 Å². The molecule has 1 unspecified atom stereocenters. The zero-order valence-corrected chi connectivity index (χ0v) is 17.0. The van der Waals surface area contributed by atoms with Gasteiger partial charge in [0.15, 0.2) is 0 Å². The number of piperidine rings is 1.